The van der Waals surface area contributed by atoms with E-state index >= 15 is 0 Å². The first-order chi connectivity index (χ1) is 13.0. The fourth-order valence-corrected chi connectivity index (χ4v) is 3.22. The standard InChI is InChI=1S/C19H29N7O/c1-5-14(2)21-19(27)13-24-6-8-25(9-7-24)17-11-20-12-18(22-17)26-16(4)10-15(3)23-26/h10-12,14H,5-9,13H2,1-4H3,(H,21,27). The minimum absolute atomic E-state index is 0.101. The predicted octanol–water partition coefficient (Wildman–Crippen LogP) is 1.32. The van der Waals surface area contributed by atoms with Crippen molar-refractivity contribution in [3.8, 4) is 5.82 Å². The molecule has 27 heavy (non-hydrogen) atoms. The van der Waals surface area contributed by atoms with Crippen molar-refractivity contribution in [3.63, 3.8) is 0 Å². The van der Waals surface area contributed by atoms with Crippen molar-refractivity contribution in [2.75, 3.05) is 37.6 Å². The van der Waals surface area contributed by atoms with Crippen molar-refractivity contribution in [2.24, 2.45) is 0 Å². The number of aryl methyl sites for hydroxylation is 2. The van der Waals surface area contributed by atoms with Crippen LogP contribution in [0.5, 0.6) is 0 Å². The highest BCUT2D eigenvalue weighted by atomic mass is 16.2. The molecule has 0 bridgehead atoms. The van der Waals surface area contributed by atoms with Gasteiger partial charge in [0, 0.05) is 37.9 Å². The van der Waals surface area contributed by atoms with Crippen molar-refractivity contribution in [1.82, 2.24) is 30.0 Å². The summed E-state index contributed by atoms with van der Waals surface area (Å²) in [5.74, 6) is 1.68. The summed E-state index contributed by atoms with van der Waals surface area (Å²) < 4.78 is 1.82. The summed E-state index contributed by atoms with van der Waals surface area (Å²) in [6.07, 6.45) is 4.47. The number of aromatic nitrogens is 4. The van der Waals surface area contributed by atoms with Crippen LogP contribution in [0, 0.1) is 13.8 Å². The molecule has 0 spiro atoms. The lowest BCUT2D eigenvalue weighted by Crippen LogP contribution is -2.50. The van der Waals surface area contributed by atoms with Crippen molar-refractivity contribution in [2.45, 2.75) is 40.2 Å². The smallest absolute Gasteiger partial charge is 0.234 e. The molecule has 8 nitrogen and oxygen atoms in total. The Morgan fingerprint density at radius 1 is 1.19 bits per heavy atom. The zero-order valence-corrected chi connectivity index (χ0v) is 16.6. The van der Waals surface area contributed by atoms with Crippen LogP contribution in [0.2, 0.25) is 0 Å². The first kappa shape index (κ1) is 19.3. The molecule has 1 amide bonds. The summed E-state index contributed by atoms with van der Waals surface area (Å²) >= 11 is 0. The highest BCUT2D eigenvalue weighted by Crippen LogP contribution is 2.16. The minimum atomic E-state index is 0.101. The predicted molar refractivity (Wildman–Crippen MR) is 105 cm³/mol. The van der Waals surface area contributed by atoms with Gasteiger partial charge in [0.15, 0.2) is 5.82 Å². The van der Waals surface area contributed by atoms with Gasteiger partial charge in [-0.1, -0.05) is 6.92 Å². The first-order valence-electron chi connectivity index (χ1n) is 9.58. The topological polar surface area (TPSA) is 79.2 Å². The van der Waals surface area contributed by atoms with Crippen molar-refractivity contribution in [3.05, 3.63) is 29.8 Å². The largest absolute Gasteiger partial charge is 0.353 e. The highest BCUT2D eigenvalue weighted by molar-refractivity contribution is 5.78. The Bertz CT molecular complexity index is 780. The molecule has 1 aliphatic heterocycles. The van der Waals surface area contributed by atoms with Gasteiger partial charge in [-0.25, -0.2) is 9.67 Å². The van der Waals surface area contributed by atoms with Crippen LogP contribution in [0.1, 0.15) is 31.7 Å². The summed E-state index contributed by atoms with van der Waals surface area (Å²) in [7, 11) is 0. The van der Waals surface area contributed by atoms with E-state index in [4.69, 9.17) is 4.98 Å². The van der Waals surface area contributed by atoms with Gasteiger partial charge in [-0.05, 0) is 33.3 Å². The summed E-state index contributed by atoms with van der Waals surface area (Å²) in [6.45, 7) is 11.9. The molecule has 1 fully saturated rings. The Labute approximate surface area is 160 Å². The molecule has 8 heteroatoms. The van der Waals surface area contributed by atoms with Crippen LogP contribution >= 0.6 is 0 Å². The van der Waals surface area contributed by atoms with Crippen molar-refractivity contribution >= 4 is 11.7 Å². The number of carbonyl (C=O) groups excluding carboxylic acids is 1. The average molecular weight is 371 g/mol. The van der Waals surface area contributed by atoms with Crippen LogP contribution in [0.25, 0.3) is 5.82 Å². The number of carbonyl (C=O) groups is 1. The third-order valence-electron chi connectivity index (χ3n) is 4.92. The van der Waals surface area contributed by atoms with Gasteiger partial charge in [-0.2, -0.15) is 5.10 Å². The molecule has 0 radical (unpaired) electrons. The van der Waals surface area contributed by atoms with Gasteiger partial charge >= 0.3 is 0 Å². The van der Waals surface area contributed by atoms with Gasteiger partial charge in [-0.3, -0.25) is 14.7 Å². The number of rotatable bonds is 6. The molecule has 1 aliphatic rings. The Morgan fingerprint density at radius 3 is 2.52 bits per heavy atom. The van der Waals surface area contributed by atoms with E-state index in [1.807, 2.05) is 31.5 Å². The Morgan fingerprint density at radius 2 is 1.89 bits per heavy atom. The van der Waals surface area contributed by atoms with E-state index < -0.39 is 0 Å². The third-order valence-corrected chi connectivity index (χ3v) is 4.92. The number of nitrogens with one attached hydrogen (secondary N) is 1. The third kappa shape index (κ3) is 4.82. The summed E-state index contributed by atoms with van der Waals surface area (Å²) in [6, 6.07) is 2.25. The fourth-order valence-electron chi connectivity index (χ4n) is 3.22. The van der Waals surface area contributed by atoms with E-state index in [9.17, 15) is 4.79 Å². The molecular weight excluding hydrogens is 342 g/mol. The first-order valence-corrected chi connectivity index (χ1v) is 9.58. The molecule has 3 rings (SSSR count). The average Bonchev–Trinajstić information content (AvgIpc) is 3.00. The lowest BCUT2D eigenvalue weighted by molar-refractivity contribution is -0.122. The molecule has 3 heterocycles. The molecule has 1 unspecified atom stereocenters. The van der Waals surface area contributed by atoms with Gasteiger partial charge in [0.2, 0.25) is 5.91 Å². The van der Waals surface area contributed by atoms with Gasteiger partial charge < -0.3 is 10.2 Å². The van der Waals surface area contributed by atoms with E-state index in [1.165, 1.54) is 0 Å². The molecule has 0 aromatic carbocycles. The number of hydrogen-bond donors (Lipinski definition) is 1. The Balaban J connectivity index is 1.59. The van der Waals surface area contributed by atoms with Gasteiger partial charge in [-0.15, -0.1) is 0 Å². The SMILES string of the molecule is CCC(C)NC(=O)CN1CCN(c2cncc(-n3nc(C)cc3C)n2)CC1. The van der Waals surface area contributed by atoms with Gasteiger partial charge in [0.05, 0.1) is 24.6 Å². The van der Waals surface area contributed by atoms with Crippen LogP contribution in [0.3, 0.4) is 0 Å². The van der Waals surface area contributed by atoms with Crippen LogP contribution in [-0.4, -0.2) is 69.3 Å². The van der Waals surface area contributed by atoms with E-state index in [-0.39, 0.29) is 11.9 Å². The number of hydrogen-bond acceptors (Lipinski definition) is 6. The van der Waals surface area contributed by atoms with E-state index in [2.05, 4.69) is 32.1 Å². The quantitative estimate of drug-likeness (QED) is 0.825. The fraction of sp³-hybridized carbons (Fsp3) is 0.579. The molecular formula is C19H29N7O. The van der Waals surface area contributed by atoms with E-state index in [0.717, 1.165) is 55.6 Å². The number of piperazine rings is 1. The molecule has 2 aromatic rings. The molecule has 1 saturated heterocycles. The second-order valence-electron chi connectivity index (χ2n) is 7.21. The summed E-state index contributed by atoms with van der Waals surface area (Å²) in [4.78, 5) is 25.6. The van der Waals surface area contributed by atoms with E-state index in [1.54, 1.807) is 12.4 Å². The zero-order chi connectivity index (χ0) is 19.4. The second kappa shape index (κ2) is 8.47. The normalized spacial score (nSPS) is 16.4. The number of amides is 1. The van der Waals surface area contributed by atoms with E-state index in [0.29, 0.717) is 6.54 Å². The van der Waals surface area contributed by atoms with Crippen molar-refractivity contribution < 1.29 is 4.79 Å². The van der Waals surface area contributed by atoms with Gasteiger partial charge in [0.1, 0.15) is 5.82 Å². The maximum absolute atomic E-state index is 12.1. The van der Waals surface area contributed by atoms with Crippen LogP contribution in [0.4, 0.5) is 5.82 Å². The zero-order valence-electron chi connectivity index (χ0n) is 16.6. The summed E-state index contributed by atoms with van der Waals surface area (Å²) in [5, 5.41) is 7.51. The van der Waals surface area contributed by atoms with Crippen molar-refractivity contribution in [1.29, 1.82) is 0 Å². The maximum Gasteiger partial charge on any atom is 0.234 e. The Kier molecular flexibility index (Phi) is 6.05. The van der Waals surface area contributed by atoms with Crippen LogP contribution < -0.4 is 10.2 Å². The molecule has 0 saturated carbocycles. The highest BCUT2D eigenvalue weighted by Gasteiger charge is 2.21. The summed E-state index contributed by atoms with van der Waals surface area (Å²) in [5.41, 5.74) is 2.00. The molecule has 1 atom stereocenters. The number of anilines is 1. The molecule has 2 aromatic heterocycles. The molecule has 0 aliphatic carbocycles. The van der Waals surface area contributed by atoms with Crippen LogP contribution in [0.15, 0.2) is 18.5 Å². The maximum atomic E-state index is 12.1. The minimum Gasteiger partial charge on any atom is -0.353 e. The van der Waals surface area contributed by atoms with Gasteiger partial charge in [0.25, 0.3) is 0 Å². The molecule has 146 valence electrons. The second-order valence-corrected chi connectivity index (χ2v) is 7.21. The molecule has 1 N–H and O–H groups in total. The number of nitrogens with zero attached hydrogens (tertiary/aromatic N) is 6. The lowest BCUT2D eigenvalue weighted by atomic mass is 10.2. The van der Waals surface area contributed by atoms with Crippen LogP contribution in [-0.2, 0) is 4.79 Å². The monoisotopic (exact) mass is 371 g/mol. The lowest BCUT2D eigenvalue weighted by Gasteiger charge is -2.35. The Hall–Kier alpha value is -2.48.